The molecule has 1 aliphatic rings. The molecule has 1 N–H and O–H groups in total. The van der Waals surface area contributed by atoms with Crippen molar-refractivity contribution in [1.29, 1.82) is 5.26 Å². The number of allylic oxidation sites excluding steroid dienone is 1. The molecule has 0 saturated heterocycles. The third-order valence-electron chi connectivity index (χ3n) is 3.30. The molecule has 0 amide bonds. The number of fused-ring (bicyclic) bond motifs is 1. The summed E-state index contributed by atoms with van der Waals surface area (Å²) in [7, 11) is 0. The fraction of sp³-hybridized carbons (Fsp3) is 0.118. The topological polar surface area (TPSA) is 35.8 Å². The van der Waals surface area contributed by atoms with E-state index < -0.39 is 0 Å². The van der Waals surface area contributed by atoms with Crippen molar-refractivity contribution in [2.75, 3.05) is 11.1 Å². The van der Waals surface area contributed by atoms with Crippen LogP contribution in [-0.4, -0.2) is 5.75 Å². The summed E-state index contributed by atoms with van der Waals surface area (Å²) in [6.45, 7) is 2.05. The molecule has 1 heterocycles. The van der Waals surface area contributed by atoms with Crippen LogP contribution in [0.25, 0.3) is 5.57 Å². The molecule has 1 aliphatic heterocycles. The molecular formula is C17H14N2S. The smallest absolute Gasteiger partial charge is 0.102 e. The van der Waals surface area contributed by atoms with Crippen LogP contribution >= 0.6 is 11.8 Å². The van der Waals surface area contributed by atoms with Gasteiger partial charge in [0.1, 0.15) is 6.07 Å². The summed E-state index contributed by atoms with van der Waals surface area (Å²) in [4.78, 5) is 1.23. The van der Waals surface area contributed by atoms with Gasteiger partial charge >= 0.3 is 0 Å². The predicted molar refractivity (Wildman–Crippen MR) is 84.5 cm³/mol. The number of aryl methyl sites for hydroxylation is 1. The van der Waals surface area contributed by atoms with E-state index in [0.29, 0.717) is 0 Å². The Morgan fingerprint density at radius 3 is 2.65 bits per heavy atom. The maximum atomic E-state index is 9.49. The van der Waals surface area contributed by atoms with Crippen molar-refractivity contribution in [1.82, 2.24) is 0 Å². The molecular weight excluding hydrogens is 264 g/mol. The second-order valence-corrected chi connectivity index (χ2v) is 5.76. The predicted octanol–water partition coefficient (Wildman–Crippen LogP) is 4.45. The molecule has 0 unspecified atom stereocenters. The zero-order valence-corrected chi connectivity index (χ0v) is 12.0. The summed E-state index contributed by atoms with van der Waals surface area (Å²) in [6, 6.07) is 18.6. The Bertz CT molecular complexity index is 709. The second-order valence-electron chi connectivity index (χ2n) is 4.74. The average molecular weight is 278 g/mol. The molecule has 0 spiro atoms. The molecule has 0 atom stereocenters. The third kappa shape index (κ3) is 2.43. The van der Waals surface area contributed by atoms with Gasteiger partial charge in [0, 0.05) is 16.3 Å². The quantitative estimate of drug-likeness (QED) is 0.783. The molecule has 0 bridgehead atoms. The van der Waals surface area contributed by atoms with Crippen LogP contribution in [0.1, 0.15) is 11.1 Å². The minimum atomic E-state index is 0.729. The lowest BCUT2D eigenvalue weighted by Crippen LogP contribution is -2.10. The van der Waals surface area contributed by atoms with E-state index in [9.17, 15) is 5.26 Å². The molecule has 2 nitrogen and oxygen atoms in total. The molecule has 0 aromatic heterocycles. The van der Waals surface area contributed by atoms with E-state index >= 15 is 0 Å². The number of para-hydroxylation sites is 1. The number of rotatable bonds is 1. The van der Waals surface area contributed by atoms with Gasteiger partial charge in [-0.1, -0.05) is 42.0 Å². The van der Waals surface area contributed by atoms with Gasteiger partial charge in [-0.2, -0.15) is 5.26 Å². The van der Waals surface area contributed by atoms with E-state index in [1.54, 1.807) is 11.8 Å². The van der Waals surface area contributed by atoms with E-state index in [1.165, 1.54) is 10.5 Å². The van der Waals surface area contributed by atoms with Crippen LogP contribution < -0.4 is 5.32 Å². The van der Waals surface area contributed by atoms with Gasteiger partial charge in [-0.3, -0.25) is 0 Å². The molecule has 2 aromatic rings. The first-order valence-corrected chi connectivity index (χ1v) is 7.45. The lowest BCUT2D eigenvalue weighted by molar-refractivity contribution is 1.29. The Kier molecular flexibility index (Phi) is 3.49. The molecule has 0 aliphatic carbocycles. The Labute approximate surface area is 123 Å². The highest BCUT2D eigenvalue weighted by molar-refractivity contribution is 7.99. The van der Waals surface area contributed by atoms with Crippen LogP contribution in [-0.2, 0) is 0 Å². The van der Waals surface area contributed by atoms with Gasteiger partial charge in [0.25, 0.3) is 0 Å². The van der Waals surface area contributed by atoms with Crippen molar-refractivity contribution in [3.05, 3.63) is 65.4 Å². The standard InChI is InChI=1S/C17H14N2S/c1-12-6-8-13(9-7-12)14(10-18)16-11-20-17-5-3-2-4-15(17)19-16/h2-9,19H,11H2,1H3/b16-14-. The van der Waals surface area contributed by atoms with Gasteiger partial charge in [0.2, 0.25) is 0 Å². The lowest BCUT2D eigenvalue weighted by Gasteiger charge is -2.21. The van der Waals surface area contributed by atoms with Crippen LogP contribution in [0, 0.1) is 18.3 Å². The molecule has 20 heavy (non-hydrogen) atoms. The van der Waals surface area contributed by atoms with Gasteiger partial charge in [-0.15, -0.1) is 11.8 Å². The van der Waals surface area contributed by atoms with Crippen molar-refractivity contribution < 1.29 is 0 Å². The number of benzene rings is 2. The van der Waals surface area contributed by atoms with Crippen molar-refractivity contribution >= 4 is 23.0 Å². The summed E-state index contributed by atoms with van der Waals surface area (Å²) in [5.74, 6) is 0.799. The number of hydrogen-bond acceptors (Lipinski definition) is 3. The average Bonchev–Trinajstić information content (AvgIpc) is 2.50. The van der Waals surface area contributed by atoms with Gasteiger partial charge in [-0.05, 0) is 24.6 Å². The summed E-state index contributed by atoms with van der Waals surface area (Å²) < 4.78 is 0. The van der Waals surface area contributed by atoms with Crippen molar-refractivity contribution in [3.8, 4) is 6.07 Å². The van der Waals surface area contributed by atoms with Gasteiger partial charge in [0.05, 0.1) is 11.3 Å². The SMILES string of the molecule is Cc1ccc(/C(C#N)=C2/CSc3ccccc3N2)cc1. The van der Waals surface area contributed by atoms with Crippen LogP contribution in [0.5, 0.6) is 0 Å². The first-order valence-electron chi connectivity index (χ1n) is 6.47. The summed E-state index contributed by atoms with van der Waals surface area (Å²) >= 11 is 1.77. The first-order chi connectivity index (χ1) is 9.78. The fourth-order valence-electron chi connectivity index (χ4n) is 2.21. The van der Waals surface area contributed by atoms with Crippen LogP contribution in [0.15, 0.2) is 59.1 Å². The highest BCUT2D eigenvalue weighted by Crippen LogP contribution is 2.36. The van der Waals surface area contributed by atoms with Crippen LogP contribution in [0.2, 0.25) is 0 Å². The number of thioether (sulfide) groups is 1. The first kappa shape index (κ1) is 12.8. The Morgan fingerprint density at radius 1 is 1.15 bits per heavy atom. The van der Waals surface area contributed by atoms with E-state index in [1.807, 2.05) is 49.4 Å². The molecule has 98 valence electrons. The monoisotopic (exact) mass is 278 g/mol. The highest BCUT2D eigenvalue weighted by atomic mass is 32.2. The zero-order valence-electron chi connectivity index (χ0n) is 11.2. The van der Waals surface area contributed by atoms with Gasteiger partial charge in [0.15, 0.2) is 0 Å². The van der Waals surface area contributed by atoms with Crippen molar-refractivity contribution in [2.24, 2.45) is 0 Å². The fourth-order valence-corrected chi connectivity index (χ4v) is 3.17. The summed E-state index contributed by atoms with van der Waals surface area (Å²) in [5, 5.41) is 12.9. The van der Waals surface area contributed by atoms with E-state index in [0.717, 1.165) is 28.3 Å². The zero-order chi connectivity index (χ0) is 13.9. The Hall–Kier alpha value is -2.18. The summed E-state index contributed by atoms with van der Waals surface area (Å²) in [5.41, 5.74) is 4.97. The maximum Gasteiger partial charge on any atom is 0.102 e. The second kappa shape index (κ2) is 5.44. The molecule has 0 fully saturated rings. The number of nitrogens with one attached hydrogen (secondary N) is 1. The largest absolute Gasteiger partial charge is 0.356 e. The molecule has 3 rings (SSSR count). The van der Waals surface area contributed by atoms with Crippen LogP contribution in [0.3, 0.4) is 0 Å². The van der Waals surface area contributed by atoms with E-state index in [4.69, 9.17) is 0 Å². The molecule has 2 aromatic carbocycles. The normalized spacial score (nSPS) is 15.8. The van der Waals surface area contributed by atoms with Crippen molar-refractivity contribution in [2.45, 2.75) is 11.8 Å². The van der Waals surface area contributed by atoms with Crippen molar-refractivity contribution in [3.63, 3.8) is 0 Å². The molecule has 0 saturated carbocycles. The minimum Gasteiger partial charge on any atom is -0.356 e. The van der Waals surface area contributed by atoms with E-state index in [-0.39, 0.29) is 0 Å². The number of hydrogen-bond donors (Lipinski definition) is 1. The number of nitriles is 1. The summed E-state index contributed by atoms with van der Waals surface area (Å²) in [6.07, 6.45) is 0. The highest BCUT2D eigenvalue weighted by Gasteiger charge is 2.16. The number of nitrogens with zero attached hydrogens (tertiary/aromatic N) is 1. The molecule has 3 heteroatoms. The maximum absolute atomic E-state index is 9.49. The molecule has 0 radical (unpaired) electrons. The Morgan fingerprint density at radius 2 is 1.90 bits per heavy atom. The Balaban J connectivity index is 2.01. The third-order valence-corrected chi connectivity index (χ3v) is 4.40. The lowest BCUT2D eigenvalue weighted by atomic mass is 10.0. The van der Waals surface area contributed by atoms with E-state index in [2.05, 4.69) is 17.5 Å². The number of anilines is 1. The minimum absolute atomic E-state index is 0.729. The van der Waals surface area contributed by atoms with Gasteiger partial charge < -0.3 is 5.32 Å². The van der Waals surface area contributed by atoms with Crippen LogP contribution in [0.4, 0.5) is 5.69 Å². The van der Waals surface area contributed by atoms with Gasteiger partial charge in [-0.25, -0.2) is 0 Å².